The zero-order chi connectivity index (χ0) is 10.6. The number of nitro groups is 1. The maximum Gasteiger partial charge on any atom is 0.272 e. The average Bonchev–Trinajstić information content (AvgIpc) is 2.15. The van der Waals surface area contributed by atoms with E-state index in [1.807, 2.05) is 0 Å². The molecule has 1 aromatic carbocycles. The molecule has 0 amide bonds. The first-order valence-corrected chi connectivity index (χ1v) is 4.81. The summed E-state index contributed by atoms with van der Waals surface area (Å²) < 4.78 is 13.1. The van der Waals surface area contributed by atoms with Gasteiger partial charge < -0.3 is 5.11 Å². The lowest BCUT2D eigenvalue weighted by Gasteiger charge is -2.00. The minimum Gasteiger partial charge on any atom is -0.396 e. The van der Waals surface area contributed by atoms with Gasteiger partial charge in [0.2, 0.25) is 0 Å². The summed E-state index contributed by atoms with van der Waals surface area (Å²) in [5.74, 6) is -0.257. The summed E-state index contributed by atoms with van der Waals surface area (Å²) in [4.78, 5) is 9.93. The van der Waals surface area contributed by atoms with Gasteiger partial charge in [-0.05, 0) is 6.07 Å². The summed E-state index contributed by atoms with van der Waals surface area (Å²) in [6, 6.07) is 3.45. The van der Waals surface area contributed by atoms with E-state index in [1.165, 1.54) is 12.1 Å². The third-order valence-corrected chi connectivity index (χ3v) is 2.50. The molecule has 0 aliphatic carbocycles. The van der Waals surface area contributed by atoms with E-state index in [4.69, 9.17) is 5.11 Å². The molecule has 0 bridgehead atoms. The second kappa shape index (κ2) is 4.92. The zero-order valence-corrected chi connectivity index (χ0v) is 7.96. The van der Waals surface area contributed by atoms with Crippen molar-refractivity contribution in [3.8, 4) is 0 Å². The van der Waals surface area contributed by atoms with Crippen LogP contribution in [0.15, 0.2) is 23.1 Å². The molecule has 0 spiro atoms. The lowest BCUT2D eigenvalue weighted by atomic mass is 10.3. The Labute approximate surface area is 83.9 Å². The lowest BCUT2D eigenvalue weighted by Crippen LogP contribution is -1.92. The number of aliphatic hydroxyl groups is 1. The fourth-order valence-electron chi connectivity index (χ4n) is 0.876. The van der Waals surface area contributed by atoms with Gasteiger partial charge in [-0.2, -0.15) is 0 Å². The van der Waals surface area contributed by atoms with Crippen LogP contribution in [0.4, 0.5) is 10.1 Å². The fourth-order valence-corrected chi connectivity index (χ4v) is 1.55. The van der Waals surface area contributed by atoms with Gasteiger partial charge in [0.05, 0.1) is 17.6 Å². The Morgan fingerprint density at radius 1 is 1.57 bits per heavy atom. The highest BCUT2D eigenvalue weighted by Crippen LogP contribution is 2.24. The van der Waals surface area contributed by atoms with Crippen LogP contribution in [0.1, 0.15) is 0 Å². The molecule has 0 aromatic heterocycles. The number of nitro benzene ring substituents is 1. The number of hydrogen-bond donors (Lipinski definition) is 1. The molecule has 4 nitrogen and oxygen atoms in total. The Morgan fingerprint density at radius 3 is 2.79 bits per heavy atom. The molecule has 0 aliphatic rings. The number of hydrogen-bond acceptors (Lipinski definition) is 4. The van der Waals surface area contributed by atoms with Gasteiger partial charge in [-0.1, -0.05) is 0 Å². The smallest absolute Gasteiger partial charge is 0.272 e. The average molecular weight is 217 g/mol. The molecule has 0 aliphatic heterocycles. The lowest BCUT2D eigenvalue weighted by molar-refractivity contribution is -0.385. The molecule has 0 unspecified atom stereocenters. The summed E-state index contributed by atoms with van der Waals surface area (Å²) in [5, 5.41) is 18.8. The van der Waals surface area contributed by atoms with Gasteiger partial charge in [0.1, 0.15) is 5.82 Å². The molecule has 0 atom stereocenters. The third kappa shape index (κ3) is 2.68. The van der Waals surface area contributed by atoms with Crippen LogP contribution in [0.25, 0.3) is 0 Å². The van der Waals surface area contributed by atoms with Crippen molar-refractivity contribution in [2.45, 2.75) is 4.90 Å². The van der Waals surface area contributed by atoms with E-state index in [0.29, 0.717) is 10.6 Å². The Bertz CT molecular complexity index is 345. The number of rotatable bonds is 4. The molecule has 1 rings (SSSR count). The van der Waals surface area contributed by atoms with Crippen LogP contribution in [-0.4, -0.2) is 22.4 Å². The predicted octanol–water partition coefficient (Wildman–Crippen LogP) is 1.82. The van der Waals surface area contributed by atoms with Crippen LogP contribution in [0, 0.1) is 15.9 Å². The Morgan fingerprint density at radius 2 is 2.29 bits per heavy atom. The minimum atomic E-state index is -0.649. The van der Waals surface area contributed by atoms with Crippen LogP contribution in [0.3, 0.4) is 0 Å². The number of benzene rings is 1. The highest BCUT2D eigenvalue weighted by Gasteiger charge is 2.10. The molecule has 0 fully saturated rings. The first kappa shape index (κ1) is 10.9. The fraction of sp³-hybridized carbons (Fsp3) is 0.250. The van der Waals surface area contributed by atoms with E-state index < -0.39 is 10.7 Å². The molecular weight excluding hydrogens is 209 g/mol. The van der Waals surface area contributed by atoms with Crippen LogP contribution in [0.2, 0.25) is 0 Å². The molecule has 14 heavy (non-hydrogen) atoms. The largest absolute Gasteiger partial charge is 0.396 e. The monoisotopic (exact) mass is 217 g/mol. The molecule has 1 N–H and O–H groups in total. The summed E-state index contributed by atoms with van der Waals surface area (Å²) in [6.07, 6.45) is 0. The van der Waals surface area contributed by atoms with Gasteiger partial charge in [-0.15, -0.1) is 11.8 Å². The van der Waals surface area contributed by atoms with Crippen molar-refractivity contribution in [2.75, 3.05) is 12.4 Å². The van der Waals surface area contributed by atoms with Crippen LogP contribution in [-0.2, 0) is 0 Å². The zero-order valence-electron chi connectivity index (χ0n) is 7.14. The molecular formula is C8H8FNO3S. The van der Waals surface area contributed by atoms with Crippen molar-refractivity contribution in [2.24, 2.45) is 0 Å². The van der Waals surface area contributed by atoms with Gasteiger partial charge in [0, 0.05) is 16.7 Å². The Kier molecular flexibility index (Phi) is 3.84. The van der Waals surface area contributed by atoms with Gasteiger partial charge in [-0.3, -0.25) is 10.1 Å². The van der Waals surface area contributed by atoms with E-state index >= 15 is 0 Å². The van der Waals surface area contributed by atoms with Gasteiger partial charge in [0.25, 0.3) is 5.69 Å². The highest BCUT2D eigenvalue weighted by atomic mass is 32.2. The molecule has 0 radical (unpaired) electrons. The van der Waals surface area contributed by atoms with Gasteiger partial charge in [-0.25, -0.2) is 4.39 Å². The maximum atomic E-state index is 13.1. The third-order valence-electron chi connectivity index (χ3n) is 1.48. The first-order chi connectivity index (χ1) is 6.65. The van der Waals surface area contributed by atoms with Crippen molar-refractivity contribution < 1.29 is 14.4 Å². The van der Waals surface area contributed by atoms with Crippen molar-refractivity contribution in [3.05, 3.63) is 34.1 Å². The number of aliphatic hydroxyl groups excluding tert-OH is 1. The minimum absolute atomic E-state index is 0.0545. The molecule has 0 saturated carbocycles. The predicted molar refractivity (Wildman–Crippen MR) is 50.9 cm³/mol. The quantitative estimate of drug-likeness (QED) is 0.474. The first-order valence-electron chi connectivity index (χ1n) is 3.82. The molecule has 0 heterocycles. The molecule has 76 valence electrons. The maximum absolute atomic E-state index is 13.1. The van der Waals surface area contributed by atoms with Crippen molar-refractivity contribution in [1.29, 1.82) is 0 Å². The van der Waals surface area contributed by atoms with E-state index in [0.717, 1.165) is 17.8 Å². The van der Waals surface area contributed by atoms with Crippen molar-refractivity contribution in [3.63, 3.8) is 0 Å². The van der Waals surface area contributed by atoms with Crippen LogP contribution < -0.4 is 0 Å². The van der Waals surface area contributed by atoms with Crippen molar-refractivity contribution >= 4 is 17.4 Å². The second-order valence-electron chi connectivity index (χ2n) is 2.44. The highest BCUT2D eigenvalue weighted by molar-refractivity contribution is 7.99. The topological polar surface area (TPSA) is 63.4 Å². The molecule has 0 saturated heterocycles. The molecule has 6 heteroatoms. The molecule has 1 aromatic rings. The van der Waals surface area contributed by atoms with E-state index in [2.05, 4.69) is 0 Å². The number of thioether (sulfide) groups is 1. The number of non-ortho nitro benzene ring substituents is 1. The summed E-state index contributed by atoms with van der Waals surface area (Å²) in [5.41, 5.74) is -0.268. The van der Waals surface area contributed by atoms with E-state index in [-0.39, 0.29) is 12.3 Å². The van der Waals surface area contributed by atoms with Crippen molar-refractivity contribution in [1.82, 2.24) is 0 Å². The summed E-state index contributed by atoms with van der Waals surface area (Å²) >= 11 is 1.12. The summed E-state index contributed by atoms with van der Waals surface area (Å²) in [7, 11) is 0. The normalized spacial score (nSPS) is 10.1. The van der Waals surface area contributed by atoms with Crippen LogP contribution in [0.5, 0.6) is 0 Å². The number of nitrogens with zero attached hydrogens (tertiary/aromatic N) is 1. The Balaban J connectivity index is 2.84. The number of halogens is 1. The standard InChI is InChI=1S/C8H8FNO3S/c9-7-5-6(10(12)13)1-2-8(7)14-4-3-11/h1-2,5,11H,3-4H2. The van der Waals surface area contributed by atoms with Gasteiger partial charge >= 0.3 is 0 Å². The summed E-state index contributed by atoms with van der Waals surface area (Å²) in [6.45, 7) is -0.0545. The Hall–Kier alpha value is -1.14. The van der Waals surface area contributed by atoms with E-state index in [1.54, 1.807) is 0 Å². The van der Waals surface area contributed by atoms with Crippen LogP contribution >= 0.6 is 11.8 Å². The van der Waals surface area contributed by atoms with Gasteiger partial charge in [0.15, 0.2) is 0 Å². The van der Waals surface area contributed by atoms with E-state index in [9.17, 15) is 14.5 Å². The second-order valence-corrected chi connectivity index (χ2v) is 3.58. The SMILES string of the molecule is O=[N+]([O-])c1ccc(SCCO)c(F)c1.